The molecule has 0 aromatic heterocycles. The van der Waals surface area contributed by atoms with Gasteiger partial charge in [0, 0.05) is 11.1 Å². The molecule has 5 heteroatoms. The maximum absolute atomic E-state index is 5.53. The van der Waals surface area contributed by atoms with E-state index in [-0.39, 0.29) is 5.91 Å². The molecule has 0 bridgehead atoms. The SMILES string of the molecule is COC(OC([SiH3])OC(OC)=C(C)C)=C(C)C. The topological polar surface area (TPSA) is 36.9 Å². The summed E-state index contributed by atoms with van der Waals surface area (Å²) in [5, 5.41) is 0. The molecule has 0 saturated heterocycles. The van der Waals surface area contributed by atoms with Crippen LogP contribution in [0.2, 0.25) is 0 Å². The quantitative estimate of drug-likeness (QED) is 0.404. The van der Waals surface area contributed by atoms with Crippen LogP contribution in [0, 0.1) is 0 Å². The molecular weight excluding hydrogens is 224 g/mol. The van der Waals surface area contributed by atoms with E-state index in [2.05, 4.69) is 0 Å². The lowest BCUT2D eigenvalue weighted by molar-refractivity contribution is -0.106. The summed E-state index contributed by atoms with van der Waals surface area (Å²) in [6.45, 7) is 7.69. The predicted molar refractivity (Wildman–Crippen MR) is 66.7 cm³/mol. The molecule has 0 N–H and O–H groups in total. The van der Waals surface area contributed by atoms with Crippen molar-refractivity contribution in [2.45, 2.75) is 33.6 Å². The first kappa shape index (κ1) is 14.9. The molecule has 0 fully saturated rings. The first-order valence-electron chi connectivity index (χ1n) is 5.18. The maximum Gasteiger partial charge on any atom is 0.280 e. The third-order valence-corrected chi connectivity index (χ3v) is 2.20. The van der Waals surface area contributed by atoms with Gasteiger partial charge in [0.2, 0.25) is 5.91 Å². The molecule has 0 unspecified atom stereocenters. The second-order valence-corrected chi connectivity index (χ2v) is 4.73. The molecule has 0 heterocycles. The van der Waals surface area contributed by atoms with E-state index in [9.17, 15) is 0 Å². The van der Waals surface area contributed by atoms with Crippen LogP contribution in [-0.2, 0) is 18.9 Å². The molecule has 0 atom stereocenters. The zero-order valence-electron chi connectivity index (χ0n) is 11.2. The van der Waals surface area contributed by atoms with E-state index in [1.807, 2.05) is 27.7 Å². The Balaban J connectivity index is 4.44. The minimum atomic E-state index is -0.324. The first-order valence-corrected chi connectivity index (χ1v) is 6.34. The largest absolute Gasteiger partial charge is 0.469 e. The van der Waals surface area contributed by atoms with E-state index in [4.69, 9.17) is 18.9 Å². The Morgan fingerprint density at radius 3 is 1.31 bits per heavy atom. The summed E-state index contributed by atoms with van der Waals surface area (Å²) in [5.74, 6) is 0.683. The number of ether oxygens (including phenoxy) is 4. The zero-order chi connectivity index (χ0) is 12.7. The Kier molecular flexibility index (Phi) is 6.72. The van der Waals surface area contributed by atoms with Crippen LogP contribution in [0.3, 0.4) is 0 Å². The summed E-state index contributed by atoms with van der Waals surface area (Å²) in [4.78, 5) is 0. The van der Waals surface area contributed by atoms with Crippen molar-refractivity contribution in [3.05, 3.63) is 23.0 Å². The maximum atomic E-state index is 5.53. The molecule has 0 aromatic carbocycles. The Bertz CT molecular complexity index is 248. The standard InChI is InChI=1S/C11H22O4Si/c1-7(2)9(12-5)14-11(16)15-10(13-6)8(3)4/h11H,1-6,16H3. The zero-order valence-corrected chi connectivity index (χ0v) is 13.2. The average Bonchev–Trinajstić information content (AvgIpc) is 2.21. The summed E-state index contributed by atoms with van der Waals surface area (Å²) >= 11 is 0. The molecule has 4 nitrogen and oxygen atoms in total. The first-order chi connectivity index (χ1) is 7.42. The second kappa shape index (κ2) is 7.22. The lowest BCUT2D eigenvalue weighted by Crippen LogP contribution is -2.19. The Morgan fingerprint density at radius 1 is 0.812 bits per heavy atom. The van der Waals surface area contributed by atoms with Crippen molar-refractivity contribution in [3.63, 3.8) is 0 Å². The van der Waals surface area contributed by atoms with Crippen molar-refractivity contribution in [3.8, 4) is 0 Å². The average molecular weight is 246 g/mol. The van der Waals surface area contributed by atoms with Gasteiger partial charge in [0.15, 0.2) is 0 Å². The minimum absolute atomic E-state index is 0.324. The van der Waals surface area contributed by atoms with Gasteiger partial charge in [0.1, 0.15) is 10.2 Å². The predicted octanol–water partition coefficient (Wildman–Crippen LogP) is 1.46. The molecule has 0 spiro atoms. The van der Waals surface area contributed by atoms with Crippen LogP contribution < -0.4 is 0 Å². The molecule has 94 valence electrons. The minimum Gasteiger partial charge on any atom is -0.469 e. The van der Waals surface area contributed by atoms with Crippen LogP contribution in [0.5, 0.6) is 0 Å². The van der Waals surface area contributed by atoms with Gasteiger partial charge >= 0.3 is 0 Å². The van der Waals surface area contributed by atoms with Gasteiger partial charge in [-0.3, -0.25) is 0 Å². The van der Waals surface area contributed by atoms with Gasteiger partial charge < -0.3 is 18.9 Å². The Labute approximate surface area is 101 Å². The molecule has 0 saturated carbocycles. The molecular formula is C11H22O4Si. The second-order valence-electron chi connectivity index (χ2n) is 3.79. The molecule has 0 aliphatic carbocycles. The fraction of sp³-hybridized carbons (Fsp3) is 0.636. The number of methoxy groups -OCH3 is 2. The smallest absolute Gasteiger partial charge is 0.280 e. The van der Waals surface area contributed by atoms with E-state index in [0.29, 0.717) is 22.1 Å². The van der Waals surface area contributed by atoms with Gasteiger partial charge in [0.25, 0.3) is 11.9 Å². The van der Waals surface area contributed by atoms with Crippen LogP contribution >= 0.6 is 0 Å². The highest BCUT2D eigenvalue weighted by Crippen LogP contribution is 2.13. The van der Waals surface area contributed by atoms with Crippen LogP contribution in [0.15, 0.2) is 23.0 Å². The van der Waals surface area contributed by atoms with Crippen molar-refractivity contribution in [2.75, 3.05) is 14.2 Å². The Hall–Kier alpha value is -1.10. The van der Waals surface area contributed by atoms with Crippen molar-refractivity contribution in [1.29, 1.82) is 0 Å². The number of hydrogen-bond donors (Lipinski definition) is 0. The molecule has 0 aliphatic rings. The molecule has 0 rings (SSSR count). The van der Waals surface area contributed by atoms with Gasteiger partial charge in [-0.1, -0.05) is 0 Å². The van der Waals surface area contributed by atoms with Gasteiger partial charge in [-0.2, -0.15) is 0 Å². The summed E-state index contributed by atoms with van der Waals surface area (Å²) in [5.41, 5.74) is 1.95. The number of hydrogen-bond acceptors (Lipinski definition) is 4. The summed E-state index contributed by atoms with van der Waals surface area (Å²) < 4.78 is 21.3. The van der Waals surface area contributed by atoms with Crippen molar-refractivity contribution in [1.82, 2.24) is 0 Å². The molecule has 0 aromatic rings. The van der Waals surface area contributed by atoms with Gasteiger partial charge in [-0.05, 0) is 27.7 Å². The van der Waals surface area contributed by atoms with E-state index in [1.165, 1.54) is 0 Å². The third-order valence-electron chi connectivity index (χ3n) is 1.73. The monoisotopic (exact) mass is 246 g/mol. The van der Waals surface area contributed by atoms with Gasteiger partial charge in [-0.25, -0.2) is 0 Å². The van der Waals surface area contributed by atoms with Crippen LogP contribution in [0.4, 0.5) is 0 Å². The number of allylic oxidation sites excluding steroid dienone is 2. The van der Waals surface area contributed by atoms with E-state index < -0.39 is 0 Å². The fourth-order valence-electron chi connectivity index (χ4n) is 1.07. The molecule has 16 heavy (non-hydrogen) atoms. The van der Waals surface area contributed by atoms with Crippen LogP contribution in [0.25, 0.3) is 0 Å². The van der Waals surface area contributed by atoms with Crippen molar-refractivity contribution >= 4 is 10.2 Å². The number of rotatable bonds is 6. The van der Waals surface area contributed by atoms with E-state index in [0.717, 1.165) is 11.1 Å². The summed E-state index contributed by atoms with van der Waals surface area (Å²) in [7, 11) is 3.87. The normalized spacial score (nSPS) is 9.69. The van der Waals surface area contributed by atoms with E-state index in [1.54, 1.807) is 14.2 Å². The third kappa shape index (κ3) is 5.11. The van der Waals surface area contributed by atoms with Crippen molar-refractivity contribution in [2.24, 2.45) is 0 Å². The van der Waals surface area contributed by atoms with Crippen LogP contribution in [0.1, 0.15) is 27.7 Å². The highest BCUT2D eigenvalue weighted by Gasteiger charge is 2.11. The lowest BCUT2D eigenvalue weighted by Gasteiger charge is -2.20. The summed E-state index contributed by atoms with van der Waals surface area (Å²) in [6.07, 6.45) is 0. The highest BCUT2D eigenvalue weighted by atomic mass is 28.1. The lowest BCUT2D eigenvalue weighted by atomic mass is 10.4. The molecule has 0 amide bonds. The van der Waals surface area contributed by atoms with Crippen molar-refractivity contribution < 1.29 is 18.9 Å². The van der Waals surface area contributed by atoms with Crippen LogP contribution in [-0.4, -0.2) is 30.4 Å². The molecule has 0 radical (unpaired) electrons. The Morgan fingerprint density at radius 2 is 1.12 bits per heavy atom. The highest BCUT2D eigenvalue weighted by molar-refractivity contribution is 6.10. The van der Waals surface area contributed by atoms with Gasteiger partial charge in [-0.15, -0.1) is 0 Å². The summed E-state index contributed by atoms with van der Waals surface area (Å²) in [6, 6.07) is 0. The fourth-order valence-corrected chi connectivity index (χ4v) is 1.49. The van der Waals surface area contributed by atoms with Gasteiger partial charge in [0.05, 0.1) is 14.2 Å². The van der Waals surface area contributed by atoms with E-state index >= 15 is 0 Å². The molecule has 0 aliphatic heterocycles.